The molecule has 0 fully saturated rings. The topological polar surface area (TPSA) is 35.5 Å². The van der Waals surface area contributed by atoms with Gasteiger partial charge in [0.1, 0.15) is 5.75 Å². The Hall–Kier alpha value is -2.29. The average Bonchev–Trinajstić information content (AvgIpc) is 2.62. The second-order valence-electron chi connectivity index (χ2n) is 7.56. The van der Waals surface area contributed by atoms with E-state index in [1.165, 1.54) is 24.7 Å². The van der Waals surface area contributed by atoms with Crippen LogP contribution in [0.3, 0.4) is 0 Å². The highest BCUT2D eigenvalue weighted by Gasteiger charge is 2.33. The fourth-order valence-electron chi connectivity index (χ4n) is 3.96. The molecule has 1 aliphatic carbocycles. The zero-order valence-electron chi connectivity index (χ0n) is 16.9. The molecule has 1 aromatic carbocycles. The molecule has 0 heterocycles. The van der Waals surface area contributed by atoms with Crippen LogP contribution < -0.4 is 4.74 Å². The molecule has 140 valence electrons. The molecule has 0 aliphatic heterocycles. The van der Waals surface area contributed by atoms with Gasteiger partial charge >= 0.3 is 5.97 Å². The van der Waals surface area contributed by atoms with Crippen molar-refractivity contribution >= 4 is 11.5 Å². The molecule has 0 aromatic heterocycles. The molecule has 0 saturated heterocycles. The van der Waals surface area contributed by atoms with Crippen molar-refractivity contribution in [3.8, 4) is 5.75 Å². The fraction of sp³-hybridized carbons (Fsp3) is 0.435. The SMILES string of the molecule is C=C/C(C)=C(\C1=C(C)CCCC1(C)C)c1ccc(C(=O)OC)cc1OC. The van der Waals surface area contributed by atoms with Gasteiger partial charge in [-0.05, 0) is 73.4 Å². The summed E-state index contributed by atoms with van der Waals surface area (Å²) in [6.45, 7) is 12.9. The molecule has 26 heavy (non-hydrogen) atoms. The molecule has 0 bridgehead atoms. The number of methoxy groups -OCH3 is 2. The molecule has 0 spiro atoms. The van der Waals surface area contributed by atoms with Crippen LogP contribution in [0.15, 0.2) is 47.6 Å². The second-order valence-corrected chi connectivity index (χ2v) is 7.56. The maximum Gasteiger partial charge on any atom is 0.337 e. The number of ether oxygens (including phenoxy) is 2. The van der Waals surface area contributed by atoms with E-state index < -0.39 is 0 Å². The Labute approximate surface area is 157 Å². The van der Waals surface area contributed by atoms with Gasteiger partial charge in [0.2, 0.25) is 0 Å². The van der Waals surface area contributed by atoms with E-state index in [2.05, 4.69) is 34.3 Å². The standard InChI is InChI=1S/C23H30O3/c1-8-15(2)20(21-16(3)10-9-13-23(21,4)5)18-12-11-17(22(24)26-7)14-19(18)25-6/h8,11-12,14H,1,9-10,13H2,2-7H3/b20-15-. The van der Waals surface area contributed by atoms with Gasteiger partial charge in [-0.2, -0.15) is 0 Å². The summed E-state index contributed by atoms with van der Waals surface area (Å²) in [5.74, 6) is 0.306. The quantitative estimate of drug-likeness (QED) is 0.483. The van der Waals surface area contributed by atoms with Gasteiger partial charge in [0, 0.05) is 5.56 Å². The average molecular weight is 354 g/mol. The second kappa shape index (κ2) is 7.94. The number of carbonyl (C=O) groups excluding carboxylic acids is 1. The van der Waals surface area contributed by atoms with Crippen molar-refractivity contribution in [1.82, 2.24) is 0 Å². The zero-order chi connectivity index (χ0) is 19.5. The van der Waals surface area contributed by atoms with Crippen LogP contribution in [0, 0.1) is 5.41 Å². The van der Waals surface area contributed by atoms with Crippen LogP contribution in [0.1, 0.15) is 62.9 Å². The lowest BCUT2D eigenvalue weighted by Gasteiger charge is -2.37. The van der Waals surface area contributed by atoms with Gasteiger partial charge < -0.3 is 9.47 Å². The molecule has 0 amide bonds. The van der Waals surface area contributed by atoms with Gasteiger partial charge in [-0.15, -0.1) is 0 Å². The van der Waals surface area contributed by atoms with Crippen LogP contribution in [0.5, 0.6) is 5.75 Å². The summed E-state index contributed by atoms with van der Waals surface area (Å²) >= 11 is 0. The normalized spacial score (nSPS) is 17.5. The minimum atomic E-state index is -0.366. The third-order valence-electron chi connectivity index (χ3n) is 5.30. The minimum absolute atomic E-state index is 0.0773. The maximum atomic E-state index is 11.9. The molecule has 2 rings (SSSR count). The number of rotatable bonds is 5. The Morgan fingerprint density at radius 2 is 1.96 bits per heavy atom. The lowest BCUT2D eigenvalue weighted by atomic mass is 9.68. The first-order valence-corrected chi connectivity index (χ1v) is 9.07. The number of benzene rings is 1. The highest BCUT2D eigenvalue weighted by atomic mass is 16.5. The number of carbonyl (C=O) groups is 1. The van der Waals surface area contributed by atoms with Gasteiger partial charge in [-0.3, -0.25) is 0 Å². The van der Waals surface area contributed by atoms with Gasteiger partial charge in [0.25, 0.3) is 0 Å². The molecule has 0 radical (unpaired) electrons. The first-order valence-electron chi connectivity index (χ1n) is 9.07. The molecule has 0 unspecified atom stereocenters. The third kappa shape index (κ3) is 3.77. The molecular formula is C23H30O3. The van der Waals surface area contributed by atoms with Crippen molar-refractivity contribution in [2.24, 2.45) is 5.41 Å². The first kappa shape index (κ1) is 20.0. The van der Waals surface area contributed by atoms with Crippen molar-refractivity contribution in [3.05, 3.63) is 58.7 Å². The van der Waals surface area contributed by atoms with E-state index in [0.717, 1.165) is 29.6 Å². The molecule has 0 N–H and O–H groups in total. The highest BCUT2D eigenvalue weighted by Crippen LogP contribution is 2.49. The number of hydrogen-bond acceptors (Lipinski definition) is 3. The minimum Gasteiger partial charge on any atom is -0.496 e. The monoisotopic (exact) mass is 354 g/mol. The Balaban J connectivity index is 2.75. The lowest BCUT2D eigenvalue weighted by Crippen LogP contribution is -2.22. The van der Waals surface area contributed by atoms with Crippen molar-refractivity contribution in [2.75, 3.05) is 14.2 Å². The Morgan fingerprint density at radius 3 is 2.50 bits per heavy atom. The van der Waals surface area contributed by atoms with Crippen LogP contribution in [0.2, 0.25) is 0 Å². The highest BCUT2D eigenvalue weighted by molar-refractivity contribution is 5.93. The van der Waals surface area contributed by atoms with E-state index >= 15 is 0 Å². The van der Waals surface area contributed by atoms with E-state index in [0.29, 0.717) is 11.3 Å². The molecule has 0 atom stereocenters. The summed E-state index contributed by atoms with van der Waals surface area (Å²) in [6, 6.07) is 5.51. The summed E-state index contributed by atoms with van der Waals surface area (Å²) in [6.07, 6.45) is 5.36. The summed E-state index contributed by atoms with van der Waals surface area (Å²) in [4.78, 5) is 11.9. The van der Waals surface area contributed by atoms with E-state index in [-0.39, 0.29) is 11.4 Å². The van der Waals surface area contributed by atoms with Crippen LogP contribution >= 0.6 is 0 Å². The summed E-state index contributed by atoms with van der Waals surface area (Å²) in [5.41, 5.74) is 6.60. The van der Waals surface area contributed by atoms with Crippen LogP contribution in [-0.4, -0.2) is 20.2 Å². The molecule has 1 aliphatic rings. The van der Waals surface area contributed by atoms with Crippen LogP contribution in [0.25, 0.3) is 5.57 Å². The molecule has 0 saturated carbocycles. The van der Waals surface area contributed by atoms with Gasteiger partial charge in [0.15, 0.2) is 0 Å². The number of allylic oxidation sites excluding steroid dienone is 5. The first-order chi connectivity index (χ1) is 12.3. The number of esters is 1. The molecule has 3 heteroatoms. The predicted molar refractivity (Wildman–Crippen MR) is 107 cm³/mol. The van der Waals surface area contributed by atoms with Crippen molar-refractivity contribution in [3.63, 3.8) is 0 Å². The van der Waals surface area contributed by atoms with E-state index in [9.17, 15) is 4.79 Å². The van der Waals surface area contributed by atoms with Crippen LogP contribution in [-0.2, 0) is 4.74 Å². The lowest BCUT2D eigenvalue weighted by molar-refractivity contribution is 0.0600. The fourth-order valence-corrected chi connectivity index (χ4v) is 3.96. The Bertz CT molecular complexity index is 779. The van der Waals surface area contributed by atoms with Crippen molar-refractivity contribution < 1.29 is 14.3 Å². The van der Waals surface area contributed by atoms with E-state index in [4.69, 9.17) is 9.47 Å². The van der Waals surface area contributed by atoms with Crippen molar-refractivity contribution in [2.45, 2.75) is 47.0 Å². The van der Waals surface area contributed by atoms with Crippen molar-refractivity contribution in [1.29, 1.82) is 0 Å². The number of hydrogen-bond donors (Lipinski definition) is 0. The van der Waals surface area contributed by atoms with Gasteiger partial charge in [-0.25, -0.2) is 4.79 Å². The zero-order valence-corrected chi connectivity index (χ0v) is 16.9. The van der Waals surface area contributed by atoms with Gasteiger partial charge in [-0.1, -0.05) is 32.1 Å². The summed E-state index contributed by atoms with van der Waals surface area (Å²) in [5, 5.41) is 0. The maximum absolute atomic E-state index is 11.9. The van der Waals surface area contributed by atoms with E-state index in [1.807, 2.05) is 12.1 Å². The Kier molecular flexibility index (Phi) is 6.12. The summed E-state index contributed by atoms with van der Waals surface area (Å²) < 4.78 is 10.5. The third-order valence-corrected chi connectivity index (χ3v) is 5.30. The summed E-state index contributed by atoms with van der Waals surface area (Å²) in [7, 11) is 3.02. The molecule has 1 aromatic rings. The van der Waals surface area contributed by atoms with Crippen LogP contribution in [0.4, 0.5) is 0 Å². The van der Waals surface area contributed by atoms with E-state index in [1.54, 1.807) is 19.2 Å². The molecular weight excluding hydrogens is 324 g/mol. The Morgan fingerprint density at radius 1 is 1.27 bits per heavy atom. The largest absolute Gasteiger partial charge is 0.496 e. The predicted octanol–water partition coefficient (Wildman–Crippen LogP) is 5.97. The molecule has 3 nitrogen and oxygen atoms in total. The smallest absolute Gasteiger partial charge is 0.337 e. The van der Waals surface area contributed by atoms with Gasteiger partial charge in [0.05, 0.1) is 19.8 Å².